The third kappa shape index (κ3) is 2.22. The molecule has 16 heavy (non-hydrogen) atoms. The summed E-state index contributed by atoms with van der Waals surface area (Å²) in [6.07, 6.45) is 4.23. The Morgan fingerprint density at radius 1 is 1.12 bits per heavy atom. The third-order valence-electron chi connectivity index (χ3n) is 2.56. The number of methoxy groups -OCH3 is 1. The summed E-state index contributed by atoms with van der Waals surface area (Å²) < 4.78 is 5.12. The molecule has 0 radical (unpaired) electrons. The van der Waals surface area contributed by atoms with Crippen LogP contribution >= 0.6 is 0 Å². The number of aliphatic imine (C=N–C) groups is 1. The van der Waals surface area contributed by atoms with Crippen LogP contribution in [-0.4, -0.2) is 12.8 Å². The lowest BCUT2D eigenvalue weighted by molar-refractivity contribution is 0.415. The predicted octanol–water partition coefficient (Wildman–Crippen LogP) is 3.46. The van der Waals surface area contributed by atoms with Crippen LogP contribution in [0, 0.1) is 0 Å². The molecule has 1 aromatic carbocycles. The average molecular weight is 213 g/mol. The van der Waals surface area contributed by atoms with Gasteiger partial charge in [0.2, 0.25) is 0 Å². The molecule has 2 rings (SSSR count). The number of hydrogen-bond acceptors (Lipinski definition) is 2. The molecule has 0 unspecified atom stereocenters. The van der Waals surface area contributed by atoms with Crippen LogP contribution < -0.4 is 4.74 Å². The molecular formula is C14H15NO. The standard InChI is InChI=1S/C14H15NO/c1-10-8-13(11(2)15-10)9-12-4-6-14(16-3)7-5-12/h4-9H,1-3H3/b13-9+. The van der Waals surface area contributed by atoms with Crippen LogP contribution in [0.2, 0.25) is 0 Å². The molecule has 2 heteroatoms. The Morgan fingerprint density at radius 3 is 2.31 bits per heavy atom. The highest BCUT2D eigenvalue weighted by atomic mass is 16.5. The molecule has 1 aliphatic rings. The maximum Gasteiger partial charge on any atom is 0.118 e. The second-order valence-electron chi connectivity index (χ2n) is 3.86. The quantitative estimate of drug-likeness (QED) is 0.737. The monoisotopic (exact) mass is 213 g/mol. The van der Waals surface area contributed by atoms with E-state index < -0.39 is 0 Å². The Bertz CT molecular complexity index is 478. The zero-order valence-electron chi connectivity index (χ0n) is 9.82. The summed E-state index contributed by atoms with van der Waals surface area (Å²) >= 11 is 0. The Kier molecular flexibility index (Phi) is 2.91. The molecule has 2 nitrogen and oxygen atoms in total. The fourth-order valence-electron chi connectivity index (χ4n) is 1.72. The minimum absolute atomic E-state index is 0.880. The number of rotatable bonds is 2. The average Bonchev–Trinajstić information content (AvgIpc) is 2.59. The van der Waals surface area contributed by atoms with E-state index in [0.29, 0.717) is 0 Å². The van der Waals surface area contributed by atoms with Gasteiger partial charge >= 0.3 is 0 Å². The van der Waals surface area contributed by atoms with Gasteiger partial charge in [0, 0.05) is 11.4 Å². The van der Waals surface area contributed by atoms with E-state index in [4.69, 9.17) is 4.74 Å². The Balaban J connectivity index is 2.27. The van der Waals surface area contributed by atoms with Crippen LogP contribution in [0.4, 0.5) is 0 Å². The number of ether oxygens (including phenoxy) is 1. The molecule has 0 spiro atoms. The highest BCUT2D eigenvalue weighted by molar-refractivity contribution is 6.07. The van der Waals surface area contributed by atoms with E-state index in [1.165, 1.54) is 5.57 Å². The molecule has 0 saturated carbocycles. The molecule has 0 saturated heterocycles. The molecule has 0 atom stereocenters. The van der Waals surface area contributed by atoms with Crippen molar-refractivity contribution in [2.75, 3.05) is 7.11 Å². The number of allylic oxidation sites excluding steroid dienone is 3. The number of hydrogen-bond donors (Lipinski definition) is 0. The first-order valence-corrected chi connectivity index (χ1v) is 5.29. The second kappa shape index (κ2) is 4.35. The summed E-state index contributed by atoms with van der Waals surface area (Å²) in [5, 5.41) is 0. The molecule has 1 heterocycles. The molecular weight excluding hydrogens is 198 g/mol. The van der Waals surface area contributed by atoms with Crippen LogP contribution in [0.15, 0.2) is 46.6 Å². The fourth-order valence-corrected chi connectivity index (χ4v) is 1.72. The largest absolute Gasteiger partial charge is 0.497 e. The number of nitrogens with zero attached hydrogens (tertiary/aromatic N) is 1. The van der Waals surface area contributed by atoms with Crippen molar-refractivity contribution in [1.29, 1.82) is 0 Å². The lowest BCUT2D eigenvalue weighted by Crippen LogP contribution is -1.89. The summed E-state index contributed by atoms with van der Waals surface area (Å²) in [4.78, 5) is 4.39. The van der Waals surface area contributed by atoms with Crippen molar-refractivity contribution in [3.8, 4) is 5.75 Å². The SMILES string of the molecule is COc1ccc(/C=C2\C=C(C)N=C2C)cc1. The lowest BCUT2D eigenvalue weighted by Gasteiger charge is -2.00. The smallest absolute Gasteiger partial charge is 0.118 e. The van der Waals surface area contributed by atoms with Crippen molar-refractivity contribution >= 4 is 11.8 Å². The van der Waals surface area contributed by atoms with Crippen LogP contribution in [0.1, 0.15) is 19.4 Å². The molecule has 1 aliphatic heterocycles. The van der Waals surface area contributed by atoms with Crippen molar-refractivity contribution in [2.45, 2.75) is 13.8 Å². The van der Waals surface area contributed by atoms with Crippen LogP contribution in [0.25, 0.3) is 6.08 Å². The molecule has 0 aromatic heterocycles. The summed E-state index contributed by atoms with van der Waals surface area (Å²) in [7, 11) is 1.67. The minimum atomic E-state index is 0.880. The highest BCUT2D eigenvalue weighted by Gasteiger charge is 2.06. The zero-order valence-corrected chi connectivity index (χ0v) is 9.82. The van der Waals surface area contributed by atoms with E-state index in [1.54, 1.807) is 7.11 Å². The third-order valence-corrected chi connectivity index (χ3v) is 2.56. The van der Waals surface area contributed by atoms with Gasteiger partial charge in [0.1, 0.15) is 5.75 Å². The van der Waals surface area contributed by atoms with Crippen molar-refractivity contribution < 1.29 is 4.74 Å². The Hall–Kier alpha value is -1.83. The van der Waals surface area contributed by atoms with Gasteiger partial charge in [0.15, 0.2) is 0 Å². The second-order valence-corrected chi connectivity index (χ2v) is 3.86. The molecule has 1 aromatic rings. The molecule has 0 N–H and O–H groups in total. The summed E-state index contributed by atoms with van der Waals surface area (Å²) in [5.74, 6) is 0.880. The van der Waals surface area contributed by atoms with Gasteiger partial charge in [-0.25, -0.2) is 0 Å². The molecule has 0 aliphatic carbocycles. The fraction of sp³-hybridized carbons (Fsp3) is 0.214. The van der Waals surface area contributed by atoms with Crippen molar-refractivity contribution in [2.24, 2.45) is 4.99 Å². The van der Waals surface area contributed by atoms with E-state index in [9.17, 15) is 0 Å². The molecule has 82 valence electrons. The predicted molar refractivity (Wildman–Crippen MR) is 67.8 cm³/mol. The first-order chi connectivity index (χ1) is 7.69. The molecule has 0 bridgehead atoms. The van der Waals surface area contributed by atoms with E-state index in [0.717, 1.165) is 22.7 Å². The van der Waals surface area contributed by atoms with Crippen LogP contribution in [-0.2, 0) is 0 Å². The molecule has 0 fully saturated rings. The van der Waals surface area contributed by atoms with Gasteiger partial charge in [0.05, 0.1) is 7.11 Å². The lowest BCUT2D eigenvalue weighted by atomic mass is 10.1. The van der Waals surface area contributed by atoms with Crippen molar-refractivity contribution in [1.82, 2.24) is 0 Å². The Labute approximate surface area is 96.0 Å². The molecule has 0 amide bonds. The highest BCUT2D eigenvalue weighted by Crippen LogP contribution is 2.20. The van der Waals surface area contributed by atoms with Crippen LogP contribution in [0.3, 0.4) is 0 Å². The summed E-state index contributed by atoms with van der Waals surface area (Å²) in [5.41, 5.74) is 4.49. The Morgan fingerprint density at radius 2 is 1.81 bits per heavy atom. The van der Waals surface area contributed by atoms with Gasteiger partial charge in [-0.15, -0.1) is 0 Å². The van der Waals surface area contributed by atoms with Gasteiger partial charge in [-0.1, -0.05) is 12.1 Å². The topological polar surface area (TPSA) is 21.6 Å². The van der Waals surface area contributed by atoms with Gasteiger partial charge in [-0.3, -0.25) is 4.99 Å². The number of benzene rings is 1. The van der Waals surface area contributed by atoms with Crippen molar-refractivity contribution in [3.63, 3.8) is 0 Å². The van der Waals surface area contributed by atoms with E-state index in [2.05, 4.69) is 17.1 Å². The van der Waals surface area contributed by atoms with Crippen molar-refractivity contribution in [3.05, 3.63) is 47.2 Å². The first-order valence-electron chi connectivity index (χ1n) is 5.29. The van der Waals surface area contributed by atoms with Gasteiger partial charge in [-0.05, 0) is 49.3 Å². The summed E-state index contributed by atoms with van der Waals surface area (Å²) in [6.45, 7) is 4.04. The van der Waals surface area contributed by atoms with E-state index in [-0.39, 0.29) is 0 Å². The maximum absolute atomic E-state index is 5.12. The van der Waals surface area contributed by atoms with E-state index >= 15 is 0 Å². The van der Waals surface area contributed by atoms with Gasteiger partial charge in [0.25, 0.3) is 0 Å². The first kappa shape index (κ1) is 10.7. The normalized spacial score (nSPS) is 17.3. The minimum Gasteiger partial charge on any atom is -0.497 e. The van der Waals surface area contributed by atoms with Crippen LogP contribution in [0.5, 0.6) is 5.75 Å². The maximum atomic E-state index is 5.12. The summed E-state index contributed by atoms with van der Waals surface area (Å²) in [6, 6.07) is 8.01. The van der Waals surface area contributed by atoms with Gasteiger partial charge in [-0.2, -0.15) is 0 Å². The van der Waals surface area contributed by atoms with Gasteiger partial charge < -0.3 is 4.74 Å². The van der Waals surface area contributed by atoms with E-state index in [1.807, 2.05) is 38.1 Å². The zero-order chi connectivity index (χ0) is 11.5.